The molecule has 10 heavy (non-hydrogen) atoms. The SMILES string of the molecule is N#CCOC(=O)C1COC1. The largest absolute Gasteiger partial charge is 0.450 e. The predicted molar refractivity (Wildman–Crippen MR) is 30.9 cm³/mol. The molecule has 0 unspecified atom stereocenters. The zero-order chi connectivity index (χ0) is 7.40. The van der Waals surface area contributed by atoms with Gasteiger partial charge >= 0.3 is 5.97 Å². The van der Waals surface area contributed by atoms with Crippen molar-refractivity contribution in [1.82, 2.24) is 0 Å². The monoisotopic (exact) mass is 141 g/mol. The van der Waals surface area contributed by atoms with Gasteiger partial charge in [-0.1, -0.05) is 0 Å². The summed E-state index contributed by atoms with van der Waals surface area (Å²) in [6.07, 6.45) is 0. The summed E-state index contributed by atoms with van der Waals surface area (Å²) >= 11 is 0. The van der Waals surface area contributed by atoms with E-state index in [0.29, 0.717) is 13.2 Å². The third kappa shape index (κ3) is 1.45. The van der Waals surface area contributed by atoms with Gasteiger partial charge in [-0.25, -0.2) is 0 Å². The fourth-order valence-electron chi connectivity index (χ4n) is 0.593. The minimum atomic E-state index is -0.326. The van der Waals surface area contributed by atoms with Crippen molar-refractivity contribution in [3.63, 3.8) is 0 Å². The molecule has 4 nitrogen and oxygen atoms in total. The summed E-state index contributed by atoms with van der Waals surface area (Å²) in [7, 11) is 0. The van der Waals surface area contributed by atoms with Crippen molar-refractivity contribution >= 4 is 5.97 Å². The Balaban J connectivity index is 2.15. The van der Waals surface area contributed by atoms with Crippen molar-refractivity contribution in [3.05, 3.63) is 0 Å². The normalized spacial score (nSPS) is 17.1. The van der Waals surface area contributed by atoms with Gasteiger partial charge in [0.05, 0.1) is 13.2 Å². The highest BCUT2D eigenvalue weighted by Crippen LogP contribution is 2.10. The Bertz CT molecular complexity index is 168. The van der Waals surface area contributed by atoms with E-state index in [1.807, 2.05) is 0 Å². The number of hydrogen-bond acceptors (Lipinski definition) is 4. The summed E-state index contributed by atoms with van der Waals surface area (Å²) < 4.78 is 9.27. The molecule has 1 saturated heterocycles. The molecule has 0 saturated carbocycles. The quantitative estimate of drug-likeness (QED) is 0.495. The van der Waals surface area contributed by atoms with Crippen LogP contribution in [-0.4, -0.2) is 25.8 Å². The van der Waals surface area contributed by atoms with Crippen LogP contribution in [0.2, 0.25) is 0 Å². The lowest BCUT2D eigenvalue weighted by molar-refractivity contribution is -0.161. The van der Waals surface area contributed by atoms with Crippen molar-refractivity contribution in [3.8, 4) is 6.07 Å². The highest BCUT2D eigenvalue weighted by Gasteiger charge is 2.27. The van der Waals surface area contributed by atoms with Gasteiger partial charge in [0.1, 0.15) is 12.0 Å². The molecule has 0 N–H and O–H groups in total. The van der Waals surface area contributed by atoms with Crippen LogP contribution in [0.5, 0.6) is 0 Å². The van der Waals surface area contributed by atoms with Gasteiger partial charge in [0.25, 0.3) is 0 Å². The maximum atomic E-state index is 10.7. The van der Waals surface area contributed by atoms with Crippen LogP contribution in [0.15, 0.2) is 0 Å². The molecule has 1 fully saturated rings. The van der Waals surface area contributed by atoms with E-state index in [9.17, 15) is 4.79 Å². The number of rotatable bonds is 2. The Kier molecular flexibility index (Phi) is 2.24. The van der Waals surface area contributed by atoms with E-state index in [1.54, 1.807) is 6.07 Å². The molecule has 1 aliphatic heterocycles. The van der Waals surface area contributed by atoms with Crippen LogP contribution >= 0.6 is 0 Å². The van der Waals surface area contributed by atoms with Gasteiger partial charge < -0.3 is 9.47 Å². The van der Waals surface area contributed by atoms with E-state index in [-0.39, 0.29) is 18.5 Å². The molecule has 4 heteroatoms. The first-order chi connectivity index (χ1) is 4.84. The summed E-state index contributed by atoms with van der Waals surface area (Å²) in [5, 5.41) is 8.03. The van der Waals surface area contributed by atoms with E-state index in [0.717, 1.165) is 0 Å². The number of carbonyl (C=O) groups excluding carboxylic acids is 1. The van der Waals surface area contributed by atoms with E-state index >= 15 is 0 Å². The number of ether oxygens (including phenoxy) is 2. The van der Waals surface area contributed by atoms with Gasteiger partial charge in [0.2, 0.25) is 0 Å². The zero-order valence-electron chi connectivity index (χ0n) is 5.37. The highest BCUT2D eigenvalue weighted by atomic mass is 16.5. The average molecular weight is 141 g/mol. The third-order valence-corrected chi connectivity index (χ3v) is 1.25. The van der Waals surface area contributed by atoms with Gasteiger partial charge in [0, 0.05) is 0 Å². The number of hydrogen-bond donors (Lipinski definition) is 0. The molecule has 0 amide bonds. The molecular weight excluding hydrogens is 134 g/mol. The molecule has 54 valence electrons. The van der Waals surface area contributed by atoms with E-state index < -0.39 is 0 Å². The first kappa shape index (κ1) is 7.03. The van der Waals surface area contributed by atoms with Crippen molar-refractivity contribution in [2.24, 2.45) is 5.92 Å². The molecule has 0 radical (unpaired) electrons. The van der Waals surface area contributed by atoms with Crippen molar-refractivity contribution in [1.29, 1.82) is 5.26 Å². The van der Waals surface area contributed by atoms with Crippen LogP contribution in [0.1, 0.15) is 0 Å². The van der Waals surface area contributed by atoms with E-state index in [2.05, 4.69) is 4.74 Å². The number of nitrogens with zero attached hydrogens (tertiary/aromatic N) is 1. The molecule has 0 aromatic carbocycles. The van der Waals surface area contributed by atoms with Crippen LogP contribution in [-0.2, 0) is 14.3 Å². The van der Waals surface area contributed by atoms with Gasteiger partial charge in [-0.3, -0.25) is 4.79 Å². The molecule has 0 aromatic heterocycles. The van der Waals surface area contributed by atoms with Crippen LogP contribution < -0.4 is 0 Å². The van der Waals surface area contributed by atoms with Gasteiger partial charge in [-0.05, 0) is 0 Å². The standard InChI is InChI=1S/C6H7NO3/c7-1-2-10-6(8)5-3-9-4-5/h5H,2-4H2. The van der Waals surface area contributed by atoms with E-state index in [1.165, 1.54) is 0 Å². The summed E-state index contributed by atoms with van der Waals surface area (Å²) in [6.45, 7) is 0.712. The second-order valence-corrected chi connectivity index (χ2v) is 2.00. The molecule has 0 bridgehead atoms. The van der Waals surface area contributed by atoms with Crippen molar-refractivity contribution in [2.45, 2.75) is 0 Å². The molecule has 1 rings (SSSR count). The molecule has 0 aromatic rings. The summed E-state index contributed by atoms with van der Waals surface area (Å²) in [5.74, 6) is -0.457. The summed E-state index contributed by atoms with van der Waals surface area (Å²) in [5.41, 5.74) is 0. The minimum absolute atomic E-state index is 0.131. The van der Waals surface area contributed by atoms with E-state index in [4.69, 9.17) is 10.00 Å². The molecule has 0 spiro atoms. The van der Waals surface area contributed by atoms with Crippen LogP contribution in [0, 0.1) is 17.2 Å². The number of esters is 1. The fraction of sp³-hybridized carbons (Fsp3) is 0.667. The van der Waals surface area contributed by atoms with Crippen LogP contribution in [0.4, 0.5) is 0 Å². The average Bonchev–Trinajstić information content (AvgIpc) is 1.79. The Labute approximate surface area is 58.3 Å². The topological polar surface area (TPSA) is 59.3 Å². The fourth-order valence-corrected chi connectivity index (χ4v) is 0.593. The minimum Gasteiger partial charge on any atom is -0.450 e. The smallest absolute Gasteiger partial charge is 0.314 e. The number of carbonyl (C=O) groups is 1. The van der Waals surface area contributed by atoms with Gasteiger partial charge in [0.15, 0.2) is 6.61 Å². The molecular formula is C6H7NO3. The Morgan fingerprint density at radius 2 is 2.50 bits per heavy atom. The maximum Gasteiger partial charge on any atom is 0.314 e. The molecule has 1 aliphatic rings. The van der Waals surface area contributed by atoms with Gasteiger partial charge in [-0.2, -0.15) is 5.26 Å². The lowest BCUT2D eigenvalue weighted by atomic mass is 10.1. The Morgan fingerprint density at radius 3 is 2.90 bits per heavy atom. The lowest BCUT2D eigenvalue weighted by Crippen LogP contribution is -2.35. The molecule has 1 heterocycles. The van der Waals surface area contributed by atoms with Crippen LogP contribution in [0.3, 0.4) is 0 Å². The summed E-state index contributed by atoms with van der Waals surface area (Å²) in [6, 6.07) is 1.72. The second kappa shape index (κ2) is 3.18. The molecule has 0 atom stereocenters. The second-order valence-electron chi connectivity index (χ2n) is 2.00. The highest BCUT2D eigenvalue weighted by molar-refractivity contribution is 5.73. The Hall–Kier alpha value is -1.08. The third-order valence-electron chi connectivity index (χ3n) is 1.25. The predicted octanol–water partition coefficient (Wildman–Crippen LogP) is -0.300. The van der Waals surface area contributed by atoms with Crippen LogP contribution in [0.25, 0.3) is 0 Å². The first-order valence-electron chi connectivity index (χ1n) is 2.96. The zero-order valence-corrected chi connectivity index (χ0v) is 5.37. The van der Waals surface area contributed by atoms with Crippen molar-refractivity contribution in [2.75, 3.05) is 19.8 Å². The summed E-state index contributed by atoms with van der Waals surface area (Å²) in [4.78, 5) is 10.7. The number of nitriles is 1. The lowest BCUT2D eigenvalue weighted by Gasteiger charge is -2.22. The first-order valence-corrected chi connectivity index (χ1v) is 2.96. The van der Waals surface area contributed by atoms with Gasteiger partial charge in [-0.15, -0.1) is 0 Å². The maximum absolute atomic E-state index is 10.7. The Morgan fingerprint density at radius 1 is 1.80 bits per heavy atom. The molecule has 0 aliphatic carbocycles. The van der Waals surface area contributed by atoms with Crippen molar-refractivity contribution < 1.29 is 14.3 Å².